The van der Waals surface area contributed by atoms with Crippen molar-refractivity contribution in [3.05, 3.63) is 29.8 Å². The van der Waals surface area contributed by atoms with Gasteiger partial charge in [0.15, 0.2) is 9.84 Å². The van der Waals surface area contributed by atoms with Crippen LogP contribution < -0.4 is 0 Å². The van der Waals surface area contributed by atoms with Crippen molar-refractivity contribution in [2.75, 3.05) is 25.3 Å². The van der Waals surface area contributed by atoms with E-state index in [4.69, 9.17) is 16.3 Å². The number of nitrogens with zero attached hydrogens (tertiary/aromatic N) is 1. The summed E-state index contributed by atoms with van der Waals surface area (Å²) in [5.41, 5.74) is 0.462. The number of amides is 1. The highest BCUT2D eigenvalue weighted by atomic mass is 35.5. The first kappa shape index (κ1) is 16.3. The average molecular weight is 332 g/mol. The number of carbonyl (C=O) groups is 1. The van der Waals surface area contributed by atoms with E-state index in [-0.39, 0.29) is 22.9 Å². The second-order valence-corrected chi connectivity index (χ2v) is 7.54. The molecule has 0 bridgehead atoms. The van der Waals surface area contributed by atoms with Gasteiger partial charge in [0.2, 0.25) is 0 Å². The molecule has 1 saturated heterocycles. The first-order chi connectivity index (χ1) is 9.82. The molecule has 1 heterocycles. The van der Waals surface area contributed by atoms with E-state index in [1.807, 2.05) is 6.92 Å². The molecular formula is C14H18ClNO4S. The Hall–Kier alpha value is -1.11. The molecule has 0 saturated carbocycles. The van der Waals surface area contributed by atoms with Gasteiger partial charge in [-0.15, -0.1) is 11.6 Å². The molecule has 116 valence electrons. The van der Waals surface area contributed by atoms with Crippen molar-refractivity contribution in [3.8, 4) is 0 Å². The van der Waals surface area contributed by atoms with E-state index >= 15 is 0 Å². The Morgan fingerprint density at radius 1 is 1.38 bits per heavy atom. The molecule has 7 heteroatoms. The van der Waals surface area contributed by atoms with Crippen LogP contribution in [0.5, 0.6) is 0 Å². The molecule has 2 atom stereocenters. The van der Waals surface area contributed by atoms with Crippen molar-refractivity contribution in [2.45, 2.75) is 24.0 Å². The second-order valence-electron chi connectivity index (χ2n) is 5.21. The average Bonchev–Trinajstić information content (AvgIpc) is 2.46. The molecule has 0 spiro atoms. The molecule has 2 rings (SSSR count). The number of halogens is 1. The largest absolute Gasteiger partial charge is 0.373 e. The van der Waals surface area contributed by atoms with Gasteiger partial charge < -0.3 is 9.64 Å². The molecule has 2 unspecified atom stereocenters. The minimum Gasteiger partial charge on any atom is -0.373 e. The highest BCUT2D eigenvalue weighted by Crippen LogP contribution is 2.18. The molecule has 1 fully saturated rings. The van der Waals surface area contributed by atoms with Gasteiger partial charge in [-0.1, -0.05) is 0 Å². The van der Waals surface area contributed by atoms with E-state index < -0.39 is 9.84 Å². The standard InChI is InChI=1S/C14H18ClNO4S/c1-10-9-20-12(7-15)8-16(10)14(17)11-3-5-13(6-4-11)21(2,18)19/h3-6,10,12H,7-9H2,1-2H3. The van der Waals surface area contributed by atoms with Gasteiger partial charge in [-0.2, -0.15) is 0 Å². The molecule has 1 aromatic carbocycles. The molecular weight excluding hydrogens is 314 g/mol. The summed E-state index contributed by atoms with van der Waals surface area (Å²) in [7, 11) is -3.26. The minimum atomic E-state index is -3.26. The molecule has 0 aliphatic carbocycles. The normalized spacial score (nSPS) is 23.1. The quantitative estimate of drug-likeness (QED) is 0.788. The molecule has 0 N–H and O–H groups in total. The van der Waals surface area contributed by atoms with E-state index in [1.54, 1.807) is 4.90 Å². The van der Waals surface area contributed by atoms with E-state index in [0.29, 0.717) is 24.6 Å². The van der Waals surface area contributed by atoms with Gasteiger partial charge >= 0.3 is 0 Å². The fourth-order valence-electron chi connectivity index (χ4n) is 2.20. The van der Waals surface area contributed by atoms with Crippen molar-refractivity contribution in [2.24, 2.45) is 0 Å². The zero-order valence-electron chi connectivity index (χ0n) is 12.0. The maximum Gasteiger partial charge on any atom is 0.254 e. The summed E-state index contributed by atoms with van der Waals surface area (Å²) in [5, 5.41) is 0. The lowest BCUT2D eigenvalue weighted by atomic mass is 10.1. The molecule has 0 aromatic heterocycles. The van der Waals surface area contributed by atoms with Gasteiger partial charge in [0.05, 0.1) is 29.5 Å². The Labute approximate surface area is 129 Å². The van der Waals surface area contributed by atoms with Gasteiger partial charge in [-0.05, 0) is 31.2 Å². The summed E-state index contributed by atoms with van der Waals surface area (Å²) < 4.78 is 28.4. The van der Waals surface area contributed by atoms with Crippen molar-refractivity contribution in [3.63, 3.8) is 0 Å². The van der Waals surface area contributed by atoms with E-state index in [0.717, 1.165) is 6.26 Å². The van der Waals surface area contributed by atoms with Crippen molar-refractivity contribution >= 4 is 27.3 Å². The summed E-state index contributed by atoms with van der Waals surface area (Å²) in [6.07, 6.45) is 0.973. The fourth-order valence-corrected chi connectivity index (χ4v) is 3.02. The minimum absolute atomic E-state index is 0.0356. The highest BCUT2D eigenvalue weighted by Gasteiger charge is 2.29. The number of morpholine rings is 1. The van der Waals surface area contributed by atoms with Gasteiger partial charge in [-0.3, -0.25) is 4.79 Å². The van der Waals surface area contributed by atoms with Crippen LogP contribution >= 0.6 is 11.6 Å². The van der Waals surface area contributed by atoms with Crippen LogP contribution in [0.15, 0.2) is 29.2 Å². The highest BCUT2D eigenvalue weighted by molar-refractivity contribution is 7.90. The molecule has 21 heavy (non-hydrogen) atoms. The van der Waals surface area contributed by atoms with Crippen LogP contribution in [0.2, 0.25) is 0 Å². The zero-order chi connectivity index (χ0) is 15.6. The molecule has 1 aliphatic heterocycles. The van der Waals surface area contributed by atoms with E-state index in [1.165, 1.54) is 24.3 Å². The fraction of sp³-hybridized carbons (Fsp3) is 0.500. The van der Waals surface area contributed by atoms with Gasteiger partial charge in [0.1, 0.15) is 0 Å². The third-order valence-corrected chi connectivity index (χ3v) is 4.94. The van der Waals surface area contributed by atoms with Gasteiger partial charge in [-0.25, -0.2) is 8.42 Å². The van der Waals surface area contributed by atoms with Crippen molar-refractivity contribution < 1.29 is 17.9 Å². The number of benzene rings is 1. The van der Waals surface area contributed by atoms with Gasteiger partial charge in [0.25, 0.3) is 5.91 Å². The lowest BCUT2D eigenvalue weighted by Gasteiger charge is -2.37. The first-order valence-electron chi connectivity index (χ1n) is 6.61. The summed E-state index contributed by atoms with van der Waals surface area (Å²) in [5.74, 6) is 0.199. The van der Waals surface area contributed by atoms with Crippen LogP contribution in [0, 0.1) is 0 Å². The molecule has 1 aromatic rings. The van der Waals surface area contributed by atoms with E-state index in [9.17, 15) is 13.2 Å². The second kappa shape index (κ2) is 6.34. The van der Waals surface area contributed by atoms with Crippen LogP contribution in [-0.2, 0) is 14.6 Å². The molecule has 1 amide bonds. The maximum absolute atomic E-state index is 12.5. The van der Waals surface area contributed by atoms with Crippen LogP contribution in [0.3, 0.4) is 0 Å². The third kappa shape index (κ3) is 3.75. The predicted molar refractivity (Wildman–Crippen MR) is 80.5 cm³/mol. The van der Waals surface area contributed by atoms with Crippen LogP contribution in [0.25, 0.3) is 0 Å². The lowest BCUT2D eigenvalue weighted by Crippen LogP contribution is -2.51. The smallest absolute Gasteiger partial charge is 0.254 e. The van der Waals surface area contributed by atoms with Crippen LogP contribution in [0.1, 0.15) is 17.3 Å². The number of ether oxygens (including phenoxy) is 1. The third-order valence-electron chi connectivity index (χ3n) is 3.47. The zero-order valence-corrected chi connectivity index (χ0v) is 13.5. The van der Waals surface area contributed by atoms with Crippen molar-refractivity contribution in [1.82, 2.24) is 4.90 Å². The molecule has 1 aliphatic rings. The number of hydrogen-bond acceptors (Lipinski definition) is 4. The maximum atomic E-state index is 12.5. The van der Waals surface area contributed by atoms with Gasteiger partial charge in [0, 0.05) is 18.4 Å². The first-order valence-corrected chi connectivity index (χ1v) is 9.04. The SMILES string of the molecule is CC1COC(CCl)CN1C(=O)c1ccc(S(C)(=O)=O)cc1. The number of hydrogen-bond donors (Lipinski definition) is 0. The number of alkyl halides is 1. The Kier molecular flexibility index (Phi) is 4.91. The Morgan fingerprint density at radius 2 is 2.00 bits per heavy atom. The van der Waals surface area contributed by atoms with Crippen LogP contribution in [0.4, 0.5) is 0 Å². The lowest BCUT2D eigenvalue weighted by molar-refractivity contribution is -0.0371. The summed E-state index contributed by atoms with van der Waals surface area (Å²) in [6.45, 7) is 2.80. The Balaban J connectivity index is 2.19. The topological polar surface area (TPSA) is 63.7 Å². The van der Waals surface area contributed by atoms with Crippen LogP contribution in [-0.4, -0.2) is 56.7 Å². The number of sulfone groups is 1. The Morgan fingerprint density at radius 3 is 2.52 bits per heavy atom. The predicted octanol–water partition coefficient (Wildman–Crippen LogP) is 1.56. The number of carbonyl (C=O) groups excluding carboxylic acids is 1. The monoisotopic (exact) mass is 331 g/mol. The molecule has 5 nitrogen and oxygen atoms in total. The molecule has 0 radical (unpaired) electrons. The summed E-state index contributed by atoms with van der Waals surface area (Å²) >= 11 is 5.79. The Bertz CT molecular complexity index is 614. The number of rotatable bonds is 3. The van der Waals surface area contributed by atoms with Crippen molar-refractivity contribution in [1.29, 1.82) is 0 Å². The summed E-state index contributed by atoms with van der Waals surface area (Å²) in [6, 6.07) is 5.94. The summed E-state index contributed by atoms with van der Waals surface area (Å²) in [4.78, 5) is 14.4. The van der Waals surface area contributed by atoms with E-state index in [2.05, 4.69) is 0 Å².